The van der Waals surface area contributed by atoms with Crippen LogP contribution in [0, 0.1) is 0 Å². The van der Waals surface area contributed by atoms with Crippen LogP contribution in [0.3, 0.4) is 0 Å². The number of hydrogen-bond donors (Lipinski definition) is 1. The maximum atomic E-state index is 11.1. The molecule has 16 heavy (non-hydrogen) atoms. The quantitative estimate of drug-likeness (QED) is 0.833. The van der Waals surface area contributed by atoms with Crippen molar-refractivity contribution in [3.8, 4) is 0 Å². The molecule has 0 unspecified atom stereocenters. The van der Waals surface area contributed by atoms with Crippen LogP contribution in [-0.4, -0.2) is 43.2 Å². The van der Waals surface area contributed by atoms with E-state index in [0.29, 0.717) is 6.54 Å². The zero-order chi connectivity index (χ0) is 11.6. The van der Waals surface area contributed by atoms with Crippen molar-refractivity contribution in [1.82, 2.24) is 14.1 Å². The summed E-state index contributed by atoms with van der Waals surface area (Å²) in [5, 5.41) is 0.861. The molecule has 1 aliphatic heterocycles. The highest BCUT2D eigenvalue weighted by molar-refractivity contribution is 7.88. The molecule has 2 heterocycles. The molecule has 0 spiro atoms. The van der Waals surface area contributed by atoms with Crippen molar-refractivity contribution in [2.24, 2.45) is 0 Å². The van der Waals surface area contributed by atoms with E-state index < -0.39 is 10.0 Å². The Bertz CT molecular complexity index is 431. The molecule has 6 nitrogen and oxygen atoms in total. The first-order chi connectivity index (χ1) is 7.54. The number of anilines is 1. The van der Waals surface area contributed by atoms with Crippen LogP contribution in [0.5, 0.6) is 0 Å². The van der Waals surface area contributed by atoms with E-state index in [0.717, 1.165) is 24.5 Å². The van der Waals surface area contributed by atoms with Gasteiger partial charge in [0, 0.05) is 30.7 Å². The van der Waals surface area contributed by atoms with E-state index in [1.807, 2.05) is 0 Å². The van der Waals surface area contributed by atoms with Gasteiger partial charge in [-0.25, -0.2) is 18.1 Å². The van der Waals surface area contributed by atoms with E-state index in [1.165, 1.54) is 24.1 Å². The Kier molecular flexibility index (Phi) is 3.41. The minimum Gasteiger partial charge on any atom is -0.345 e. The van der Waals surface area contributed by atoms with Gasteiger partial charge >= 0.3 is 0 Å². The van der Waals surface area contributed by atoms with Gasteiger partial charge in [-0.05, 0) is 12.8 Å². The van der Waals surface area contributed by atoms with Gasteiger partial charge in [-0.3, -0.25) is 0 Å². The van der Waals surface area contributed by atoms with Gasteiger partial charge in [0.1, 0.15) is 6.33 Å². The van der Waals surface area contributed by atoms with E-state index in [1.54, 1.807) is 0 Å². The summed E-state index contributed by atoms with van der Waals surface area (Å²) in [5.41, 5.74) is 0. The lowest BCUT2D eigenvalue weighted by molar-refractivity contribution is 0.467. The summed E-state index contributed by atoms with van der Waals surface area (Å²) in [6.45, 7) is 1.58. The predicted molar refractivity (Wildman–Crippen MR) is 63.1 cm³/mol. The van der Waals surface area contributed by atoms with E-state index in [9.17, 15) is 8.42 Å². The van der Waals surface area contributed by atoms with Crippen LogP contribution >= 0.6 is 11.5 Å². The van der Waals surface area contributed by atoms with Crippen LogP contribution in [0.2, 0.25) is 0 Å². The zero-order valence-corrected chi connectivity index (χ0v) is 10.6. The number of aromatic nitrogens is 2. The molecule has 8 heteroatoms. The Morgan fingerprint density at radius 1 is 1.62 bits per heavy atom. The fraction of sp³-hybridized carbons (Fsp3) is 0.750. The van der Waals surface area contributed by atoms with Gasteiger partial charge in [-0.2, -0.15) is 4.37 Å². The highest BCUT2D eigenvalue weighted by Crippen LogP contribution is 2.20. The first kappa shape index (κ1) is 11.7. The Morgan fingerprint density at radius 3 is 3.06 bits per heavy atom. The van der Waals surface area contributed by atoms with Gasteiger partial charge in [-0.1, -0.05) is 0 Å². The van der Waals surface area contributed by atoms with Crippen molar-refractivity contribution < 1.29 is 8.42 Å². The molecule has 0 bridgehead atoms. The summed E-state index contributed by atoms with van der Waals surface area (Å²) in [6.07, 6.45) is 4.56. The number of rotatable bonds is 3. The van der Waals surface area contributed by atoms with Gasteiger partial charge in [0.05, 0.1) is 6.26 Å². The highest BCUT2D eigenvalue weighted by atomic mass is 32.2. The molecule has 0 saturated carbocycles. The summed E-state index contributed by atoms with van der Waals surface area (Å²) in [4.78, 5) is 6.20. The topological polar surface area (TPSA) is 75.2 Å². The fourth-order valence-corrected chi connectivity index (χ4v) is 3.22. The summed E-state index contributed by atoms with van der Waals surface area (Å²) in [5.74, 6) is 0. The third-order valence-electron chi connectivity index (χ3n) is 2.42. The molecule has 2 rings (SSSR count). The Hall–Kier alpha value is -0.730. The molecule has 1 fully saturated rings. The van der Waals surface area contributed by atoms with Crippen molar-refractivity contribution in [2.45, 2.75) is 18.9 Å². The van der Waals surface area contributed by atoms with Crippen LogP contribution in [-0.2, 0) is 10.0 Å². The van der Waals surface area contributed by atoms with Gasteiger partial charge in [-0.15, -0.1) is 0 Å². The van der Waals surface area contributed by atoms with Crippen molar-refractivity contribution in [3.05, 3.63) is 6.33 Å². The normalized spacial score (nSPS) is 22.3. The minimum absolute atomic E-state index is 0.0207. The molecule has 90 valence electrons. The average Bonchev–Trinajstić information content (AvgIpc) is 2.68. The first-order valence-electron chi connectivity index (χ1n) is 5.03. The third kappa shape index (κ3) is 3.13. The molecule has 1 saturated heterocycles. The van der Waals surface area contributed by atoms with Crippen LogP contribution in [0.15, 0.2) is 6.33 Å². The van der Waals surface area contributed by atoms with Gasteiger partial charge in [0.2, 0.25) is 15.2 Å². The van der Waals surface area contributed by atoms with Gasteiger partial charge < -0.3 is 4.90 Å². The Labute approximate surface area is 98.9 Å². The molecule has 1 atom stereocenters. The second-order valence-corrected chi connectivity index (χ2v) is 6.44. The van der Waals surface area contributed by atoms with E-state index in [4.69, 9.17) is 0 Å². The van der Waals surface area contributed by atoms with E-state index >= 15 is 0 Å². The van der Waals surface area contributed by atoms with Crippen LogP contribution in [0.25, 0.3) is 0 Å². The number of hydrogen-bond acceptors (Lipinski definition) is 6. The summed E-state index contributed by atoms with van der Waals surface area (Å²) in [6, 6.07) is -0.0207. The first-order valence-corrected chi connectivity index (χ1v) is 7.70. The van der Waals surface area contributed by atoms with Crippen molar-refractivity contribution >= 4 is 26.7 Å². The zero-order valence-electron chi connectivity index (χ0n) is 8.96. The molecular formula is C8H14N4O2S2. The maximum absolute atomic E-state index is 11.1. The van der Waals surface area contributed by atoms with Crippen LogP contribution < -0.4 is 9.62 Å². The molecule has 0 radical (unpaired) electrons. The molecule has 0 amide bonds. The smallest absolute Gasteiger partial charge is 0.209 e. The van der Waals surface area contributed by atoms with Crippen LogP contribution in [0.1, 0.15) is 12.8 Å². The Balaban J connectivity index is 2.00. The standard InChI is InChI=1S/C8H14N4O2S2/c1-16(13,14)11-7-3-2-4-12(5-7)8-9-6-10-15-8/h6-7,11H,2-5H2,1H3/t7-/m1/s1. The monoisotopic (exact) mass is 262 g/mol. The Morgan fingerprint density at radius 2 is 2.44 bits per heavy atom. The second kappa shape index (κ2) is 4.64. The van der Waals surface area contributed by atoms with E-state index in [-0.39, 0.29) is 6.04 Å². The van der Waals surface area contributed by atoms with Gasteiger partial charge in [0.15, 0.2) is 0 Å². The number of sulfonamides is 1. The van der Waals surface area contributed by atoms with Crippen LogP contribution in [0.4, 0.5) is 5.13 Å². The number of piperidine rings is 1. The predicted octanol–water partition coefficient (Wildman–Crippen LogP) is 0.0561. The molecule has 1 aromatic heterocycles. The average molecular weight is 262 g/mol. The highest BCUT2D eigenvalue weighted by Gasteiger charge is 2.23. The molecule has 1 N–H and O–H groups in total. The molecule has 1 aromatic rings. The fourth-order valence-electron chi connectivity index (χ4n) is 1.86. The number of nitrogens with zero attached hydrogens (tertiary/aromatic N) is 3. The minimum atomic E-state index is -3.13. The second-order valence-electron chi connectivity index (χ2n) is 3.90. The summed E-state index contributed by atoms with van der Waals surface area (Å²) >= 11 is 1.34. The SMILES string of the molecule is CS(=O)(=O)N[C@@H]1CCCN(c2ncns2)C1. The van der Waals surface area contributed by atoms with E-state index in [2.05, 4.69) is 19.0 Å². The summed E-state index contributed by atoms with van der Waals surface area (Å²) in [7, 11) is -3.13. The largest absolute Gasteiger partial charge is 0.345 e. The lowest BCUT2D eigenvalue weighted by Gasteiger charge is -2.32. The molecule has 0 aromatic carbocycles. The molecule has 1 aliphatic rings. The molecular weight excluding hydrogens is 248 g/mol. The van der Waals surface area contributed by atoms with Crippen molar-refractivity contribution in [1.29, 1.82) is 0 Å². The molecule has 0 aliphatic carbocycles. The number of nitrogens with one attached hydrogen (secondary N) is 1. The summed E-state index contributed by atoms with van der Waals surface area (Å²) < 4.78 is 28.9. The maximum Gasteiger partial charge on any atom is 0.209 e. The van der Waals surface area contributed by atoms with Crippen molar-refractivity contribution in [3.63, 3.8) is 0 Å². The lowest BCUT2D eigenvalue weighted by atomic mass is 10.1. The van der Waals surface area contributed by atoms with Gasteiger partial charge in [0.25, 0.3) is 0 Å². The lowest BCUT2D eigenvalue weighted by Crippen LogP contribution is -2.47. The van der Waals surface area contributed by atoms with Crippen molar-refractivity contribution in [2.75, 3.05) is 24.2 Å². The third-order valence-corrected chi connectivity index (χ3v) is 3.91.